The van der Waals surface area contributed by atoms with Gasteiger partial charge in [0.1, 0.15) is 11.6 Å². The van der Waals surface area contributed by atoms with Crippen molar-refractivity contribution in [3.63, 3.8) is 0 Å². The number of hydrogen-bond donors (Lipinski definition) is 1. The molecule has 0 saturated carbocycles. The molecule has 0 aliphatic carbocycles. The monoisotopic (exact) mass is 321 g/mol. The van der Waals surface area contributed by atoms with Crippen molar-refractivity contribution in [1.82, 2.24) is 9.78 Å². The summed E-state index contributed by atoms with van der Waals surface area (Å²) in [6.45, 7) is 1.18. The van der Waals surface area contributed by atoms with Crippen LogP contribution in [-0.2, 0) is 13.1 Å². The third kappa shape index (κ3) is 3.40. The van der Waals surface area contributed by atoms with Crippen LogP contribution in [0.2, 0.25) is 10.0 Å². The fourth-order valence-corrected chi connectivity index (χ4v) is 2.48. The highest BCUT2D eigenvalue weighted by Crippen LogP contribution is 2.22. The molecule has 0 fully saturated rings. The average Bonchev–Trinajstić information content (AvgIpc) is 3.11. The minimum Gasteiger partial charge on any atom is -0.467 e. The Labute approximate surface area is 132 Å². The zero-order valence-corrected chi connectivity index (χ0v) is 12.6. The standard InChI is InChI=1S/C15H13Cl2N3O/c16-12-4-3-11(14(17)8-12)10-20-15(5-6-19-20)18-9-13-2-1-7-21-13/h1-8,18H,9-10H2. The Morgan fingerprint density at radius 3 is 2.86 bits per heavy atom. The predicted molar refractivity (Wildman–Crippen MR) is 83.8 cm³/mol. The van der Waals surface area contributed by atoms with Crippen LogP contribution in [0.25, 0.3) is 0 Å². The third-order valence-electron chi connectivity index (χ3n) is 3.08. The van der Waals surface area contributed by atoms with Crippen LogP contribution < -0.4 is 5.32 Å². The van der Waals surface area contributed by atoms with Gasteiger partial charge < -0.3 is 9.73 Å². The molecule has 0 aliphatic rings. The number of aromatic nitrogens is 2. The van der Waals surface area contributed by atoms with E-state index in [4.69, 9.17) is 27.6 Å². The summed E-state index contributed by atoms with van der Waals surface area (Å²) in [5, 5.41) is 8.85. The van der Waals surface area contributed by atoms with Crippen molar-refractivity contribution >= 4 is 29.0 Å². The number of benzene rings is 1. The van der Waals surface area contributed by atoms with Gasteiger partial charge in [-0.25, -0.2) is 4.68 Å². The van der Waals surface area contributed by atoms with Crippen molar-refractivity contribution in [1.29, 1.82) is 0 Å². The first-order valence-corrected chi connectivity index (χ1v) is 7.20. The summed E-state index contributed by atoms with van der Waals surface area (Å²) in [6.07, 6.45) is 3.40. The van der Waals surface area contributed by atoms with Crippen molar-refractivity contribution in [3.8, 4) is 0 Å². The smallest absolute Gasteiger partial charge is 0.124 e. The quantitative estimate of drug-likeness (QED) is 0.755. The van der Waals surface area contributed by atoms with E-state index in [1.165, 1.54) is 0 Å². The Kier molecular flexibility index (Phi) is 4.18. The van der Waals surface area contributed by atoms with E-state index in [1.807, 2.05) is 35.0 Å². The van der Waals surface area contributed by atoms with Crippen LogP contribution in [0, 0.1) is 0 Å². The summed E-state index contributed by atoms with van der Waals surface area (Å²) in [5.41, 5.74) is 0.964. The number of hydrogen-bond acceptors (Lipinski definition) is 3. The maximum Gasteiger partial charge on any atom is 0.124 e. The topological polar surface area (TPSA) is 43.0 Å². The van der Waals surface area contributed by atoms with Gasteiger partial charge in [-0.3, -0.25) is 0 Å². The number of nitrogens with zero attached hydrogens (tertiary/aromatic N) is 2. The fourth-order valence-electron chi connectivity index (χ4n) is 2.01. The van der Waals surface area contributed by atoms with Gasteiger partial charge in [0.05, 0.1) is 25.5 Å². The van der Waals surface area contributed by atoms with E-state index in [-0.39, 0.29) is 0 Å². The average molecular weight is 322 g/mol. The largest absolute Gasteiger partial charge is 0.467 e. The van der Waals surface area contributed by atoms with Crippen LogP contribution in [0.1, 0.15) is 11.3 Å². The lowest BCUT2D eigenvalue weighted by Gasteiger charge is -2.10. The van der Waals surface area contributed by atoms with Crippen LogP contribution in [0.15, 0.2) is 53.3 Å². The fraction of sp³-hybridized carbons (Fsp3) is 0.133. The number of rotatable bonds is 5. The summed E-state index contributed by atoms with van der Waals surface area (Å²) in [5.74, 6) is 1.77. The minimum atomic E-state index is 0.573. The second kappa shape index (κ2) is 6.24. The molecule has 0 radical (unpaired) electrons. The molecule has 0 spiro atoms. The molecule has 0 unspecified atom stereocenters. The Morgan fingerprint density at radius 1 is 1.19 bits per heavy atom. The summed E-state index contributed by atoms with van der Waals surface area (Å²) < 4.78 is 7.14. The van der Waals surface area contributed by atoms with Crippen LogP contribution in [0.4, 0.5) is 5.82 Å². The number of anilines is 1. The van der Waals surface area contributed by atoms with Crippen LogP contribution in [0.3, 0.4) is 0 Å². The molecule has 0 atom stereocenters. The van der Waals surface area contributed by atoms with E-state index in [0.29, 0.717) is 23.1 Å². The molecule has 6 heteroatoms. The second-order valence-electron chi connectivity index (χ2n) is 4.54. The van der Waals surface area contributed by atoms with Gasteiger partial charge in [0.15, 0.2) is 0 Å². The number of halogens is 2. The van der Waals surface area contributed by atoms with E-state index >= 15 is 0 Å². The van der Waals surface area contributed by atoms with Crippen molar-refractivity contribution in [2.45, 2.75) is 13.1 Å². The molecular formula is C15H13Cl2N3O. The summed E-state index contributed by atoms with van der Waals surface area (Å²) in [7, 11) is 0. The van der Waals surface area contributed by atoms with E-state index in [1.54, 1.807) is 18.5 Å². The Balaban J connectivity index is 1.73. The van der Waals surface area contributed by atoms with Gasteiger partial charge in [0.2, 0.25) is 0 Å². The van der Waals surface area contributed by atoms with Crippen molar-refractivity contribution in [2.24, 2.45) is 0 Å². The lowest BCUT2D eigenvalue weighted by Crippen LogP contribution is -2.09. The van der Waals surface area contributed by atoms with Gasteiger partial charge in [0, 0.05) is 16.1 Å². The van der Waals surface area contributed by atoms with Gasteiger partial charge in [-0.1, -0.05) is 29.3 Å². The van der Waals surface area contributed by atoms with Gasteiger partial charge in [-0.05, 0) is 29.8 Å². The summed E-state index contributed by atoms with van der Waals surface area (Å²) >= 11 is 12.1. The first-order valence-electron chi connectivity index (χ1n) is 6.44. The first-order chi connectivity index (χ1) is 10.2. The van der Waals surface area contributed by atoms with E-state index in [2.05, 4.69) is 10.4 Å². The molecule has 0 aliphatic heterocycles. The van der Waals surface area contributed by atoms with E-state index in [9.17, 15) is 0 Å². The molecule has 1 aromatic carbocycles. The second-order valence-corrected chi connectivity index (χ2v) is 5.39. The van der Waals surface area contributed by atoms with Crippen LogP contribution >= 0.6 is 23.2 Å². The number of furan rings is 1. The molecule has 21 heavy (non-hydrogen) atoms. The molecule has 0 amide bonds. The molecule has 3 rings (SSSR count). The highest BCUT2D eigenvalue weighted by Gasteiger charge is 2.07. The summed E-state index contributed by atoms with van der Waals surface area (Å²) in [6, 6.07) is 11.2. The maximum atomic E-state index is 6.20. The lowest BCUT2D eigenvalue weighted by molar-refractivity contribution is 0.517. The van der Waals surface area contributed by atoms with Crippen LogP contribution in [0.5, 0.6) is 0 Å². The zero-order valence-electron chi connectivity index (χ0n) is 11.1. The normalized spacial score (nSPS) is 10.8. The molecule has 108 valence electrons. The van der Waals surface area contributed by atoms with Gasteiger partial charge in [0.25, 0.3) is 0 Å². The molecule has 4 nitrogen and oxygen atoms in total. The lowest BCUT2D eigenvalue weighted by atomic mass is 10.2. The first kappa shape index (κ1) is 14.0. The van der Waals surface area contributed by atoms with Gasteiger partial charge in [-0.15, -0.1) is 0 Å². The number of nitrogens with one attached hydrogen (secondary N) is 1. The molecule has 2 heterocycles. The molecule has 2 aromatic heterocycles. The third-order valence-corrected chi connectivity index (χ3v) is 3.66. The predicted octanol–water partition coefficient (Wildman–Crippen LogP) is 4.44. The Hall–Kier alpha value is -1.91. The van der Waals surface area contributed by atoms with E-state index < -0.39 is 0 Å². The molecule has 3 aromatic rings. The van der Waals surface area contributed by atoms with E-state index in [0.717, 1.165) is 17.1 Å². The highest BCUT2D eigenvalue weighted by molar-refractivity contribution is 6.35. The SMILES string of the molecule is Clc1ccc(Cn2nccc2NCc2ccco2)c(Cl)c1. The van der Waals surface area contributed by atoms with Crippen molar-refractivity contribution < 1.29 is 4.42 Å². The van der Waals surface area contributed by atoms with Crippen molar-refractivity contribution in [3.05, 3.63) is 70.2 Å². The molecule has 0 saturated heterocycles. The van der Waals surface area contributed by atoms with Gasteiger partial charge >= 0.3 is 0 Å². The van der Waals surface area contributed by atoms with Crippen molar-refractivity contribution in [2.75, 3.05) is 5.32 Å². The molecule has 0 bridgehead atoms. The molecule has 1 N–H and O–H groups in total. The Bertz CT molecular complexity index is 722. The Morgan fingerprint density at radius 2 is 2.10 bits per heavy atom. The summed E-state index contributed by atoms with van der Waals surface area (Å²) in [4.78, 5) is 0. The zero-order chi connectivity index (χ0) is 14.7. The maximum absolute atomic E-state index is 6.20. The highest BCUT2D eigenvalue weighted by atomic mass is 35.5. The van der Waals surface area contributed by atoms with Gasteiger partial charge in [-0.2, -0.15) is 5.10 Å². The van der Waals surface area contributed by atoms with Crippen LogP contribution in [-0.4, -0.2) is 9.78 Å². The minimum absolute atomic E-state index is 0.573. The molecular weight excluding hydrogens is 309 g/mol.